The molecular weight excluding hydrogens is 558 g/mol. The molecule has 9 nitrogen and oxygen atoms in total. The van der Waals surface area contributed by atoms with E-state index in [0.29, 0.717) is 47.2 Å². The number of imidazole rings is 1. The molecule has 0 radical (unpaired) electrons. The predicted octanol–water partition coefficient (Wildman–Crippen LogP) is 4.49. The Labute approximate surface area is 247 Å². The van der Waals surface area contributed by atoms with E-state index in [-0.39, 0.29) is 18.3 Å². The first kappa shape index (κ1) is 28.1. The van der Waals surface area contributed by atoms with Crippen molar-refractivity contribution in [1.82, 2.24) is 24.2 Å². The van der Waals surface area contributed by atoms with Crippen molar-refractivity contribution in [2.45, 2.75) is 25.9 Å². The first-order chi connectivity index (χ1) is 20.3. The summed E-state index contributed by atoms with van der Waals surface area (Å²) in [7, 11) is 1.92. The second kappa shape index (κ2) is 11.7. The molecule has 42 heavy (non-hydrogen) atoms. The van der Waals surface area contributed by atoms with Crippen LogP contribution in [0.25, 0.3) is 16.9 Å². The van der Waals surface area contributed by atoms with Crippen LogP contribution < -0.4 is 9.80 Å². The standard InChI is InChI=1S/C30H32F2N8OS/c1-3-24-29(36(2)30-35-28(25(16-33)42-30)20-4-6-21(31)7-5-20)40-18-23(8-9-26(40)34-24)38-14-12-37(13-15-38)19-27(41)39-11-10-22(32)17-39/h4-9,18,22H,3,10-15,17,19H2,1-2H3/t22-/m0/s1. The number of hydrogen-bond donors (Lipinski definition) is 0. The Morgan fingerprint density at radius 2 is 1.88 bits per heavy atom. The van der Waals surface area contributed by atoms with Crippen molar-refractivity contribution in [3.8, 4) is 17.3 Å². The summed E-state index contributed by atoms with van der Waals surface area (Å²) < 4.78 is 29.1. The van der Waals surface area contributed by atoms with Gasteiger partial charge in [0.1, 0.15) is 40.1 Å². The summed E-state index contributed by atoms with van der Waals surface area (Å²) in [6, 6.07) is 12.3. The summed E-state index contributed by atoms with van der Waals surface area (Å²) in [6.45, 7) is 6.14. The van der Waals surface area contributed by atoms with Crippen molar-refractivity contribution in [2.75, 3.05) is 62.7 Å². The van der Waals surface area contributed by atoms with Gasteiger partial charge in [-0.05, 0) is 49.2 Å². The molecule has 4 aromatic rings. The molecule has 0 unspecified atom stereocenters. The summed E-state index contributed by atoms with van der Waals surface area (Å²) in [5.41, 5.74) is 3.99. The van der Waals surface area contributed by atoms with Gasteiger partial charge >= 0.3 is 0 Å². The Hall–Kier alpha value is -4.08. The average molecular weight is 591 g/mol. The lowest BCUT2D eigenvalue weighted by atomic mass is 10.1. The smallest absolute Gasteiger partial charge is 0.236 e. The highest BCUT2D eigenvalue weighted by Gasteiger charge is 2.28. The largest absolute Gasteiger partial charge is 0.368 e. The molecule has 2 aliphatic rings. The molecule has 0 spiro atoms. The fourth-order valence-corrected chi connectivity index (χ4v) is 6.52. The second-order valence-electron chi connectivity index (χ2n) is 10.7. The SMILES string of the molecule is CCc1nc2ccc(N3CCN(CC(=O)N4CC[C@H](F)C4)CC3)cn2c1N(C)c1nc(-c2ccc(F)cc2)c(C#N)s1. The normalized spacial score (nSPS) is 17.6. The number of hydrogen-bond acceptors (Lipinski definition) is 8. The van der Waals surface area contributed by atoms with Gasteiger partial charge < -0.3 is 14.7 Å². The number of rotatable bonds is 7. The Morgan fingerprint density at radius 3 is 2.55 bits per heavy atom. The maximum Gasteiger partial charge on any atom is 0.236 e. The van der Waals surface area contributed by atoms with Crippen LogP contribution in [0.15, 0.2) is 42.6 Å². The molecule has 2 saturated heterocycles. The van der Waals surface area contributed by atoms with Crippen molar-refractivity contribution in [3.05, 3.63) is 59.0 Å². The summed E-state index contributed by atoms with van der Waals surface area (Å²) >= 11 is 1.29. The zero-order valence-electron chi connectivity index (χ0n) is 23.6. The number of benzene rings is 1. The van der Waals surface area contributed by atoms with Gasteiger partial charge in [-0.1, -0.05) is 18.3 Å². The monoisotopic (exact) mass is 590 g/mol. The topological polar surface area (TPSA) is 84.0 Å². The molecule has 0 aliphatic carbocycles. The Kier molecular flexibility index (Phi) is 7.79. The lowest BCUT2D eigenvalue weighted by Gasteiger charge is -2.36. The molecular formula is C30H32F2N8OS. The van der Waals surface area contributed by atoms with Gasteiger partial charge in [-0.15, -0.1) is 0 Å². The van der Waals surface area contributed by atoms with Gasteiger partial charge in [0.25, 0.3) is 0 Å². The number of anilines is 3. The van der Waals surface area contributed by atoms with E-state index in [0.717, 1.165) is 49.0 Å². The molecule has 5 heterocycles. The molecule has 6 rings (SSSR count). The Balaban J connectivity index is 1.22. The first-order valence-corrected chi connectivity index (χ1v) is 15.0. The van der Waals surface area contributed by atoms with Crippen LogP contribution >= 0.6 is 11.3 Å². The number of nitrogens with zero attached hydrogens (tertiary/aromatic N) is 8. The fraction of sp³-hybridized carbons (Fsp3) is 0.400. The van der Waals surface area contributed by atoms with Crippen LogP contribution in [0.4, 0.5) is 25.4 Å². The first-order valence-electron chi connectivity index (χ1n) is 14.1. The predicted molar refractivity (Wildman–Crippen MR) is 160 cm³/mol. The van der Waals surface area contributed by atoms with Gasteiger partial charge in [-0.25, -0.2) is 18.7 Å². The number of halogens is 2. The number of carbonyl (C=O) groups excluding carboxylic acids is 1. The van der Waals surface area contributed by atoms with E-state index in [1.807, 2.05) is 18.0 Å². The van der Waals surface area contributed by atoms with Gasteiger partial charge in [0.2, 0.25) is 5.91 Å². The summed E-state index contributed by atoms with van der Waals surface area (Å²) in [6.07, 6.45) is 2.33. The Bertz CT molecular complexity index is 1640. The number of thiazole rings is 1. The number of aryl methyl sites for hydroxylation is 1. The maximum absolute atomic E-state index is 13.5. The van der Waals surface area contributed by atoms with Crippen molar-refractivity contribution >= 4 is 39.5 Å². The van der Waals surface area contributed by atoms with E-state index >= 15 is 0 Å². The highest BCUT2D eigenvalue weighted by molar-refractivity contribution is 7.16. The number of fused-ring (bicyclic) bond motifs is 1. The quantitative estimate of drug-likeness (QED) is 0.314. The van der Waals surface area contributed by atoms with Gasteiger partial charge in [-0.2, -0.15) is 5.26 Å². The number of nitriles is 1. The Morgan fingerprint density at radius 1 is 1.12 bits per heavy atom. The number of alkyl halides is 1. The van der Waals surface area contributed by atoms with Crippen LogP contribution in [-0.4, -0.2) is 89.1 Å². The molecule has 218 valence electrons. The molecule has 0 saturated carbocycles. The molecule has 1 aromatic carbocycles. The third kappa shape index (κ3) is 5.42. The lowest BCUT2D eigenvalue weighted by Crippen LogP contribution is -2.50. The third-order valence-corrected chi connectivity index (χ3v) is 9.04. The minimum absolute atomic E-state index is 0.00698. The van der Waals surface area contributed by atoms with Crippen LogP contribution in [0.3, 0.4) is 0 Å². The van der Waals surface area contributed by atoms with Crippen molar-refractivity contribution < 1.29 is 13.6 Å². The number of pyridine rings is 1. The van der Waals surface area contributed by atoms with Gasteiger partial charge in [-0.3, -0.25) is 14.1 Å². The molecule has 1 atom stereocenters. The van der Waals surface area contributed by atoms with Crippen LogP contribution in [-0.2, 0) is 11.2 Å². The number of likely N-dealkylation sites (tertiary alicyclic amines) is 1. The average Bonchev–Trinajstić information content (AvgIpc) is 3.73. The van der Waals surface area contributed by atoms with Crippen molar-refractivity contribution in [1.29, 1.82) is 5.26 Å². The second-order valence-corrected chi connectivity index (χ2v) is 11.7. The molecule has 2 fully saturated rings. The van der Waals surface area contributed by atoms with Crippen LogP contribution in [0.1, 0.15) is 23.9 Å². The van der Waals surface area contributed by atoms with E-state index in [9.17, 15) is 18.8 Å². The summed E-state index contributed by atoms with van der Waals surface area (Å²) in [4.78, 5) is 30.7. The zero-order valence-corrected chi connectivity index (χ0v) is 24.4. The molecule has 0 N–H and O–H groups in total. The third-order valence-electron chi connectivity index (χ3n) is 8.00. The lowest BCUT2D eigenvalue weighted by molar-refractivity contribution is -0.131. The maximum atomic E-state index is 13.5. The van der Waals surface area contributed by atoms with Gasteiger partial charge in [0.05, 0.1) is 24.5 Å². The minimum Gasteiger partial charge on any atom is -0.368 e. The van der Waals surface area contributed by atoms with E-state index in [1.165, 1.54) is 23.5 Å². The molecule has 2 aliphatic heterocycles. The van der Waals surface area contributed by atoms with Gasteiger partial charge in [0.15, 0.2) is 5.13 Å². The van der Waals surface area contributed by atoms with Crippen LogP contribution in [0, 0.1) is 17.1 Å². The van der Waals surface area contributed by atoms with Crippen molar-refractivity contribution in [2.24, 2.45) is 0 Å². The molecule has 1 amide bonds. The fourth-order valence-electron chi connectivity index (χ4n) is 5.67. The minimum atomic E-state index is -0.901. The van der Waals surface area contributed by atoms with E-state index < -0.39 is 6.17 Å². The number of amides is 1. The summed E-state index contributed by atoms with van der Waals surface area (Å²) in [5, 5.41) is 10.5. The summed E-state index contributed by atoms with van der Waals surface area (Å²) in [5.74, 6) is 0.541. The molecule has 12 heteroatoms. The number of aromatic nitrogens is 3. The van der Waals surface area contributed by atoms with Crippen LogP contribution in [0.5, 0.6) is 0 Å². The molecule has 0 bridgehead atoms. The van der Waals surface area contributed by atoms with E-state index in [2.05, 4.69) is 39.5 Å². The van der Waals surface area contributed by atoms with Crippen molar-refractivity contribution in [3.63, 3.8) is 0 Å². The highest BCUT2D eigenvalue weighted by Crippen LogP contribution is 2.37. The highest BCUT2D eigenvalue weighted by atomic mass is 32.1. The van der Waals surface area contributed by atoms with Crippen LogP contribution in [0.2, 0.25) is 0 Å². The van der Waals surface area contributed by atoms with E-state index in [1.54, 1.807) is 17.0 Å². The van der Waals surface area contributed by atoms with E-state index in [4.69, 9.17) is 9.97 Å². The number of piperazine rings is 1. The number of carbonyl (C=O) groups is 1. The zero-order chi connectivity index (χ0) is 29.4. The molecule has 3 aromatic heterocycles. The van der Waals surface area contributed by atoms with Gasteiger partial charge in [0, 0.05) is 51.5 Å².